The molecule has 1 amide bonds. The van der Waals surface area contributed by atoms with E-state index in [1.54, 1.807) is 6.20 Å². The molecule has 6 heteroatoms. The molecular formula is C13H17N3O3. The van der Waals surface area contributed by atoms with Crippen molar-refractivity contribution >= 4 is 11.9 Å². The quantitative estimate of drug-likeness (QED) is 0.794. The van der Waals surface area contributed by atoms with E-state index in [0.717, 1.165) is 31.4 Å². The number of aromatic amines is 1. The number of nitrogens with zero attached hydrogens (tertiary/aromatic N) is 1. The van der Waals surface area contributed by atoms with Gasteiger partial charge < -0.3 is 10.1 Å². The van der Waals surface area contributed by atoms with Crippen molar-refractivity contribution in [1.29, 1.82) is 0 Å². The summed E-state index contributed by atoms with van der Waals surface area (Å²) in [6, 6.07) is 1.81. The largest absolute Gasteiger partial charge is 0.458 e. The summed E-state index contributed by atoms with van der Waals surface area (Å²) in [7, 11) is 0. The molecule has 1 aliphatic heterocycles. The van der Waals surface area contributed by atoms with Crippen LogP contribution in [-0.2, 0) is 20.9 Å². The Morgan fingerprint density at radius 3 is 3.00 bits per heavy atom. The second kappa shape index (κ2) is 4.68. The number of nitrogens with one attached hydrogen (secondary N) is 2. The molecule has 1 aliphatic carbocycles. The van der Waals surface area contributed by atoms with Crippen LogP contribution in [0.3, 0.4) is 0 Å². The number of aromatic nitrogens is 2. The van der Waals surface area contributed by atoms with Gasteiger partial charge in [-0.05, 0) is 31.7 Å². The van der Waals surface area contributed by atoms with E-state index in [0.29, 0.717) is 6.54 Å². The first-order chi connectivity index (χ1) is 9.20. The Balaban J connectivity index is 1.66. The molecule has 102 valence electrons. The standard InChI is InChI=1S/C13H17N3O3/c17-11-7-10(13(19-11)4-1-2-5-13)12(18)14-8-9-3-6-15-16-9/h3,6,10H,1-2,4-5,7-8H2,(H,14,18)(H,15,16). The summed E-state index contributed by atoms with van der Waals surface area (Å²) in [5, 5.41) is 9.47. The van der Waals surface area contributed by atoms with E-state index in [9.17, 15) is 9.59 Å². The summed E-state index contributed by atoms with van der Waals surface area (Å²) < 4.78 is 5.46. The molecule has 1 aromatic rings. The van der Waals surface area contributed by atoms with Crippen LogP contribution in [0.1, 0.15) is 37.8 Å². The van der Waals surface area contributed by atoms with Gasteiger partial charge in [0.05, 0.1) is 24.6 Å². The molecule has 1 saturated carbocycles. The van der Waals surface area contributed by atoms with Gasteiger partial charge in [-0.2, -0.15) is 5.10 Å². The molecule has 0 radical (unpaired) electrons. The van der Waals surface area contributed by atoms with Crippen molar-refractivity contribution in [1.82, 2.24) is 15.5 Å². The molecule has 2 N–H and O–H groups in total. The van der Waals surface area contributed by atoms with Crippen LogP contribution < -0.4 is 5.32 Å². The number of carbonyl (C=O) groups excluding carboxylic acids is 2. The first-order valence-electron chi connectivity index (χ1n) is 6.67. The first kappa shape index (κ1) is 12.2. The van der Waals surface area contributed by atoms with Gasteiger partial charge in [0, 0.05) is 6.20 Å². The molecule has 2 fully saturated rings. The lowest BCUT2D eigenvalue weighted by Gasteiger charge is -2.27. The number of amides is 1. The maximum atomic E-state index is 12.3. The summed E-state index contributed by atoms with van der Waals surface area (Å²) >= 11 is 0. The van der Waals surface area contributed by atoms with Crippen molar-refractivity contribution in [3.8, 4) is 0 Å². The Bertz CT molecular complexity index is 477. The average Bonchev–Trinajstić information content (AvgIpc) is 3.10. The summed E-state index contributed by atoms with van der Waals surface area (Å²) in [6.45, 7) is 0.402. The smallest absolute Gasteiger partial charge is 0.307 e. The molecule has 1 spiro atoms. The van der Waals surface area contributed by atoms with Gasteiger partial charge >= 0.3 is 5.97 Å². The van der Waals surface area contributed by atoms with E-state index in [1.807, 2.05) is 6.07 Å². The van der Waals surface area contributed by atoms with Crippen LogP contribution in [0.25, 0.3) is 0 Å². The molecule has 1 aromatic heterocycles. The van der Waals surface area contributed by atoms with Gasteiger partial charge in [-0.15, -0.1) is 0 Å². The van der Waals surface area contributed by atoms with Crippen LogP contribution in [0.2, 0.25) is 0 Å². The third-order valence-electron chi connectivity index (χ3n) is 4.10. The molecule has 19 heavy (non-hydrogen) atoms. The van der Waals surface area contributed by atoms with E-state index in [4.69, 9.17) is 4.74 Å². The summed E-state index contributed by atoms with van der Waals surface area (Å²) in [6.07, 6.45) is 5.51. The molecule has 0 aromatic carbocycles. The van der Waals surface area contributed by atoms with Crippen molar-refractivity contribution in [2.24, 2.45) is 5.92 Å². The second-order valence-corrected chi connectivity index (χ2v) is 5.30. The van der Waals surface area contributed by atoms with Gasteiger partial charge in [-0.1, -0.05) is 0 Å². The van der Waals surface area contributed by atoms with Crippen LogP contribution in [0.5, 0.6) is 0 Å². The fourth-order valence-electron chi connectivity index (χ4n) is 3.14. The van der Waals surface area contributed by atoms with E-state index in [1.165, 1.54) is 0 Å². The normalized spacial score (nSPS) is 24.6. The highest BCUT2D eigenvalue weighted by molar-refractivity contribution is 5.87. The Hall–Kier alpha value is -1.85. The zero-order valence-corrected chi connectivity index (χ0v) is 10.6. The minimum Gasteiger partial charge on any atom is -0.458 e. The number of hydrogen-bond acceptors (Lipinski definition) is 4. The zero-order chi connectivity index (χ0) is 13.3. The monoisotopic (exact) mass is 263 g/mol. The predicted octanol–water partition coefficient (Wildman–Crippen LogP) is 0.902. The molecule has 2 aliphatic rings. The van der Waals surface area contributed by atoms with E-state index < -0.39 is 5.60 Å². The van der Waals surface area contributed by atoms with Crippen molar-refractivity contribution in [2.45, 2.75) is 44.2 Å². The van der Waals surface area contributed by atoms with Crippen LogP contribution in [0, 0.1) is 5.92 Å². The molecule has 1 unspecified atom stereocenters. The summed E-state index contributed by atoms with van der Waals surface area (Å²) in [5.41, 5.74) is 0.314. The molecule has 2 heterocycles. The van der Waals surface area contributed by atoms with Crippen LogP contribution in [0.4, 0.5) is 0 Å². The topological polar surface area (TPSA) is 84.1 Å². The van der Waals surface area contributed by atoms with E-state index >= 15 is 0 Å². The highest BCUT2D eigenvalue weighted by Gasteiger charge is 2.53. The maximum Gasteiger partial charge on any atom is 0.307 e. The third-order valence-corrected chi connectivity index (χ3v) is 4.10. The fraction of sp³-hybridized carbons (Fsp3) is 0.615. The molecule has 0 bridgehead atoms. The minimum atomic E-state index is -0.533. The average molecular weight is 263 g/mol. The summed E-state index contributed by atoms with van der Waals surface area (Å²) in [5.74, 6) is -0.684. The Labute approximate surface area is 110 Å². The van der Waals surface area contributed by atoms with Gasteiger partial charge in [0.25, 0.3) is 0 Å². The van der Waals surface area contributed by atoms with Crippen molar-refractivity contribution in [2.75, 3.05) is 0 Å². The molecule has 1 atom stereocenters. The highest BCUT2D eigenvalue weighted by atomic mass is 16.6. The van der Waals surface area contributed by atoms with Gasteiger partial charge in [0.15, 0.2) is 0 Å². The van der Waals surface area contributed by atoms with Gasteiger partial charge in [0.1, 0.15) is 5.60 Å². The zero-order valence-electron chi connectivity index (χ0n) is 10.6. The lowest BCUT2D eigenvalue weighted by Crippen LogP contribution is -2.42. The summed E-state index contributed by atoms with van der Waals surface area (Å²) in [4.78, 5) is 23.8. The molecule has 3 rings (SSSR count). The second-order valence-electron chi connectivity index (χ2n) is 5.30. The van der Waals surface area contributed by atoms with E-state index in [-0.39, 0.29) is 24.2 Å². The lowest BCUT2D eigenvalue weighted by molar-refractivity contribution is -0.149. The Morgan fingerprint density at radius 2 is 2.32 bits per heavy atom. The maximum absolute atomic E-state index is 12.3. The predicted molar refractivity (Wildman–Crippen MR) is 65.8 cm³/mol. The molecule has 1 saturated heterocycles. The number of esters is 1. The lowest BCUT2D eigenvalue weighted by atomic mass is 9.85. The number of rotatable bonds is 3. The van der Waals surface area contributed by atoms with Crippen molar-refractivity contribution in [3.63, 3.8) is 0 Å². The van der Waals surface area contributed by atoms with E-state index in [2.05, 4.69) is 15.5 Å². The van der Waals surface area contributed by atoms with Gasteiger partial charge in [0.2, 0.25) is 5.91 Å². The number of carbonyl (C=O) groups is 2. The highest BCUT2D eigenvalue weighted by Crippen LogP contribution is 2.45. The first-order valence-corrected chi connectivity index (χ1v) is 6.67. The van der Waals surface area contributed by atoms with Crippen LogP contribution >= 0.6 is 0 Å². The third kappa shape index (κ3) is 2.22. The minimum absolute atomic E-state index is 0.0950. The Kier molecular flexibility index (Phi) is 3.00. The van der Waals surface area contributed by atoms with Crippen LogP contribution in [0.15, 0.2) is 12.3 Å². The SMILES string of the molecule is O=C1CC(C(=O)NCc2ccn[nH]2)C2(CCCC2)O1. The van der Waals surface area contributed by atoms with Crippen molar-refractivity contribution < 1.29 is 14.3 Å². The fourth-order valence-corrected chi connectivity index (χ4v) is 3.14. The molecular weight excluding hydrogens is 246 g/mol. The number of hydrogen-bond donors (Lipinski definition) is 2. The Morgan fingerprint density at radius 1 is 1.53 bits per heavy atom. The van der Waals surface area contributed by atoms with Crippen LogP contribution in [-0.4, -0.2) is 27.7 Å². The number of H-pyrrole nitrogens is 1. The van der Waals surface area contributed by atoms with Gasteiger partial charge in [-0.3, -0.25) is 14.7 Å². The number of ether oxygens (including phenoxy) is 1. The van der Waals surface area contributed by atoms with Gasteiger partial charge in [-0.25, -0.2) is 0 Å². The van der Waals surface area contributed by atoms with Crippen molar-refractivity contribution in [3.05, 3.63) is 18.0 Å². The molecule has 6 nitrogen and oxygen atoms in total.